The van der Waals surface area contributed by atoms with E-state index in [1.807, 2.05) is 25.1 Å². The standard InChI is InChI=1S/C15H19ClN2O2/c1-10(2)9-20-14-5-4-13(16)7-12(14)8-18-11(3)6-15(19)17-18/h4-7,10H,8-9H2,1-3H3,(H,17,19). The van der Waals surface area contributed by atoms with Gasteiger partial charge in [0.15, 0.2) is 0 Å². The van der Waals surface area contributed by atoms with Gasteiger partial charge in [0, 0.05) is 22.3 Å². The predicted octanol–water partition coefficient (Wildman–Crippen LogP) is 3.22. The Morgan fingerprint density at radius 1 is 1.35 bits per heavy atom. The summed E-state index contributed by atoms with van der Waals surface area (Å²) in [5.41, 5.74) is 1.73. The highest BCUT2D eigenvalue weighted by Gasteiger charge is 2.09. The van der Waals surface area contributed by atoms with Crippen molar-refractivity contribution >= 4 is 11.6 Å². The quantitative estimate of drug-likeness (QED) is 0.920. The summed E-state index contributed by atoms with van der Waals surface area (Å²) >= 11 is 6.05. The molecule has 4 nitrogen and oxygen atoms in total. The minimum Gasteiger partial charge on any atom is -0.493 e. The summed E-state index contributed by atoms with van der Waals surface area (Å²) < 4.78 is 7.60. The van der Waals surface area contributed by atoms with Gasteiger partial charge in [-0.3, -0.25) is 14.6 Å². The number of halogens is 1. The Labute approximate surface area is 123 Å². The summed E-state index contributed by atoms with van der Waals surface area (Å²) in [6.45, 7) is 7.27. The highest BCUT2D eigenvalue weighted by atomic mass is 35.5. The molecule has 0 radical (unpaired) electrons. The van der Waals surface area contributed by atoms with Crippen molar-refractivity contribution in [3.05, 3.63) is 50.9 Å². The number of rotatable bonds is 5. The molecule has 0 atom stereocenters. The largest absolute Gasteiger partial charge is 0.493 e. The summed E-state index contributed by atoms with van der Waals surface area (Å²) in [6.07, 6.45) is 0. The molecule has 0 saturated heterocycles. The lowest BCUT2D eigenvalue weighted by atomic mass is 10.2. The van der Waals surface area contributed by atoms with Crippen LogP contribution >= 0.6 is 11.6 Å². The van der Waals surface area contributed by atoms with Crippen molar-refractivity contribution in [1.29, 1.82) is 0 Å². The number of aromatic amines is 1. The van der Waals surface area contributed by atoms with Crippen LogP contribution in [0.2, 0.25) is 5.02 Å². The van der Waals surface area contributed by atoms with Crippen molar-refractivity contribution in [2.45, 2.75) is 27.3 Å². The normalized spacial score (nSPS) is 11.1. The number of hydrogen-bond acceptors (Lipinski definition) is 2. The van der Waals surface area contributed by atoms with Crippen molar-refractivity contribution in [3.8, 4) is 5.75 Å². The van der Waals surface area contributed by atoms with Crippen molar-refractivity contribution < 1.29 is 4.74 Å². The molecule has 2 rings (SSSR count). The number of hydrogen-bond donors (Lipinski definition) is 1. The fourth-order valence-electron chi connectivity index (χ4n) is 1.92. The fourth-order valence-corrected chi connectivity index (χ4v) is 2.12. The molecule has 0 aliphatic carbocycles. The minimum atomic E-state index is -0.103. The molecule has 1 aromatic heterocycles. The third-order valence-corrected chi connectivity index (χ3v) is 3.17. The molecule has 108 valence electrons. The SMILES string of the molecule is Cc1cc(=O)[nH]n1Cc1cc(Cl)ccc1OCC(C)C. The summed E-state index contributed by atoms with van der Waals surface area (Å²) in [6, 6.07) is 7.12. The highest BCUT2D eigenvalue weighted by Crippen LogP contribution is 2.24. The first-order valence-electron chi connectivity index (χ1n) is 6.63. The molecule has 0 aliphatic rings. The summed E-state index contributed by atoms with van der Waals surface area (Å²) in [5.74, 6) is 1.25. The number of H-pyrrole nitrogens is 1. The summed E-state index contributed by atoms with van der Waals surface area (Å²) in [4.78, 5) is 11.3. The molecule has 0 aliphatic heterocycles. The molecule has 0 saturated carbocycles. The Bertz CT molecular complexity index is 644. The van der Waals surface area contributed by atoms with Gasteiger partial charge in [0.25, 0.3) is 5.56 Å². The molecule has 2 aromatic rings. The van der Waals surface area contributed by atoms with Crippen molar-refractivity contribution in [2.75, 3.05) is 6.61 Å². The van der Waals surface area contributed by atoms with E-state index in [-0.39, 0.29) is 5.56 Å². The van der Waals surface area contributed by atoms with Crippen LogP contribution in [0.15, 0.2) is 29.1 Å². The lowest BCUT2D eigenvalue weighted by molar-refractivity contribution is 0.268. The molecule has 20 heavy (non-hydrogen) atoms. The monoisotopic (exact) mass is 294 g/mol. The van der Waals surface area contributed by atoms with Crippen LogP contribution in [0.25, 0.3) is 0 Å². The van der Waals surface area contributed by atoms with E-state index in [1.54, 1.807) is 10.7 Å². The van der Waals surface area contributed by atoms with Gasteiger partial charge in [-0.05, 0) is 31.0 Å². The smallest absolute Gasteiger partial charge is 0.264 e. The summed E-state index contributed by atoms with van der Waals surface area (Å²) in [7, 11) is 0. The average Bonchev–Trinajstić information content (AvgIpc) is 2.66. The van der Waals surface area contributed by atoms with Gasteiger partial charge < -0.3 is 4.74 Å². The van der Waals surface area contributed by atoms with Crippen molar-refractivity contribution in [1.82, 2.24) is 9.78 Å². The topological polar surface area (TPSA) is 47.0 Å². The molecule has 0 amide bonds. The van der Waals surface area contributed by atoms with Crippen LogP contribution in [0, 0.1) is 12.8 Å². The Kier molecular flexibility index (Phi) is 4.55. The van der Waals surface area contributed by atoms with Crippen LogP contribution in [-0.4, -0.2) is 16.4 Å². The molecule has 5 heteroatoms. The molecule has 1 N–H and O–H groups in total. The fraction of sp³-hybridized carbons (Fsp3) is 0.400. The first kappa shape index (κ1) is 14.7. The third-order valence-electron chi connectivity index (χ3n) is 2.93. The van der Waals surface area contributed by atoms with Crippen LogP contribution in [0.5, 0.6) is 5.75 Å². The minimum absolute atomic E-state index is 0.103. The first-order valence-corrected chi connectivity index (χ1v) is 7.01. The van der Waals surface area contributed by atoms with Crippen LogP contribution < -0.4 is 10.3 Å². The lowest BCUT2D eigenvalue weighted by Gasteiger charge is -2.14. The maximum Gasteiger partial charge on any atom is 0.264 e. The van der Waals surface area contributed by atoms with E-state index in [4.69, 9.17) is 16.3 Å². The Hall–Kier alpha value is -1.68. The molecule has 0 spiro atoms. The summed E-state index contributed by atoms with van der Waals surface area (Å²) in [5, 5.41) is 3.42. The zero-order valence-corrected chi connectivity index (χ0v) is 12.7. The molecular formula is C15H19ClN2O2. The van der Waals surface area contributed by atoms with E-state index in [0.717, 1.165) is 17.0 Å². The Balaban J connectivity index is 2.27. The number of aromatic nitrogens is 2. The molecule has 0 fully saturated rings. The molecule has 0 bridgehead atoms. The second kappa shape index (κ2) is 6.18. The van der Waals surface area contributed by atoms with Crippen LogP contribution in [-0.2, 0) is 6.54 Å². The maximum absolute atomic E-state index is 11.3. The van der Waals surface area contributed by atoms with Gasteiger partial charge in [-0.15, -0.1) is 0 Å². The van der Waals surface area contributed by atoms with Crippen molar-refractivity contribution in [2.24, 2.45) is 5.92 Å². The Morgan fingerprint density at radius 2 is 2.10 bits per heavy atom. The zero-order chi connectivity index (χ0) is 14.7. The third kappa shape index (κ3) is 3.67. The van der Waals surface area contributed by atoms with Crippen LogP contribution in [0.4, 0.5) is 0 Å². The highest BCUT2D eigenvalue weighted by molar-refractivity contribution is 6.30. The number of aryl methyl sites for hydroxylation is 1. The Morgan fingerprint density at radius 3 is 2.70 bits per heavy atom. The van der Waals surface area contributed by atoms with E-state index in [0.29, 0.717) is 24.1 Å². The van der Waals surface area contributed by atoms with Gasteiger partial charge in [-0.25, -0.2) is 0 Å². The zero-order valence-electron chi connectivity index (χ0n) is 11.9. The second-order valence-electron chi connectivity index (χ2n) is 5.30. The van der Waals surface area contributed by atoms with Gasteiger partial charge in [0.05, 0.1) is 13.2 Å². The van der Waals surface area contributed by atoms with E-state index < -0.39 is 0 Å². The maximum atomic E-state index is 11.3. The average molecular weight is 295 g/mol. The molecule has 1 aromatic carbocycles. The second-order valence-corrected chi connectivity index (χ2v) is 5.74. The van der Waals surface area contributed by atoms with E-state index in [1.165, 1.54) is 0 Å². The molecular weight excluding hydrogens is 276 g/mol. The first-order chi connectivity index (χ1) is 9.45. The molecule has 1 heterocycles. The van der Waals surface area contributed by atoms with Gasteiger partial charge in [-0.1, -0.05) is 25.4 Å². The van der Waals surface area contributed by atoms with E-state index in [9.17, 15) is 4.79 Å². The molecule has 0 unspecified atom stereocenters. The van der Waals surface area contributed by atoms with Gasteiger partial charge >= 0.3 is 0 Å². The van der Waals surface area contributed by atoms with Gasteiger partial charge in [-0.2, -0.15) is 0 Å². The number of nitrogens with zero attached hydrogens (tertiary/aromatic N) is 1. The van der Waals surface area contributed by atoms with Gasteiger partial charge in [0.2, 0.25) is 0 Å². The predicted molar refractivity (Wildman–Crippen MR) is 80.7 cm³/mol. The number of ether oxygens (including phenoxy) is 1. The van der Waals surface area contributed by atoms with E-state index >= 15 is 0 Å². The van der Waals surface area contributed by atoms with E-state index in [2.05, 4.69) is 18.9 Å². The van der Waals surface area contributed by atoms with Gasteiger partial charge in [0.1, 0.15) is 5.75 Å². The number of nitrogens with one attached hydrogen (secondary N) is 1. The van der Waals surface area contributed by atoms with Crippen molar-refractivity contribution in [3.63, 3.8) is 0 Å². The lowest BCUT2D eigenvalue weighted by Crippen LogP contribution is -2.11. The van der Waals surface area contributed by atoms with Crippen LogP contribution in [0.3, 0.4) is 0 Å². The van der Waals surface area contributed by atoms with Crippen LogP contribution in [0.1, 0.15) is 25.1 Å². The number of benzene rings is 1.